The minimum atomic E-state index is -5.05. The number of nitrogen functional groups attached to an aromatic ring is 1. The second kappa shape index (κ2) is 6.57. The number of phenolic OH excluding ortho intramolecular Hbond substituents is 1. The maximum absolute atomic E-state index is 12.3. The minimum Gasteiger partial charge on any atom is -0.502 e. The maximum atomic E-state index is 12.3. The Morgan fingerprint density at radius 3 is 2.75 bits per heavy atom. The number of hydrazone groups is 1. The number of nitro benzene ring substituents is 1. The van der Waals surface area contributed by atoms with Crippen molar-refractivity contribution < 1.29 is 27.9 Å². The molecular weight excluding hydrogens is 355 g/mol. The first-order valence-corrected chi connectivity index (χ1v) is 6.81. The number of aromatic nitrogens is 1. The lowest BCUT2D eigenvalue weighted by atomic mass is 10.1. The molecule has 2 aromatic rings. The Bertz CT molecular complexity index is 792. The molecule has 0 saturated carbocycles. The fourth-order valence-electron chi connectivity index (χ4n) is 1.54. The summed E-state index contributed by atoms with van der Waals surface area (Å²) in [6.07, 6.45) is -4.17. The SMILES string of the molecule is Nc1csc(NN=Cc2cc(OC(F)(F)F)cc([N+](=O)[O-])c2O)n1. The molecule has 13 heteroatoms. The van der Waals surface area contributed by atoms with Gasteiger partial charge in [-0.1, -0.05) is 0 Å². The summed E-state index contributed by atoms with van der Waals surface area (Å²) in [5.41, 5.74) is 6.48. The first-order valence-electron chi connectivity index (χ1n) is 5.93. The number of phenols is 1. The summed E-state index contributed by atoms with van der Waals surface area (Å²) in [5, 5.41) is 26.0. The molecule has 0 aliphatic rings. The average molecular weight is 363 g/mol. The molecule has 2 rings (SSSR count). The number of benzene rings is 1. The number of aromatic hydroxyl groups is 1. The molecule has 0 radical (unpaired) electrons. The van der Waals surface area contributed by atoms with E-state index >= 15 is 0 Å². The molecule has 1 heterocycles. The minimum absolute atomic E-state index is 0.233. The van der Waals surface area contributed by atoms with Crippen molar-refractivity contribution >= 4 is 34.2 Å². The summed E-state index contributed by atoms with van der Waals surface area (Å²) in [7, 11) is 0. The molecule has 0 saturated heterocycles. The quantitative estimate of drug-likeness (QED) is 0.422. The topological polar surface area (TPSA) is 136 Å². The van der Waals surface area contributed by atoms with E-state index in [1.165, 1.54) is 5.38 Å². The molecule has 4 N–H and O–H groups in total. The van der Waals surface area contributed by atoms with Gasteiger partial charge in [-0.2, -0.15) is 5.10 Å². The smallest absolute Gasteiger partial charge is 0.502 e. The number of hydrogen-bond acceptors (Lipinski definition) is 9. The molecule has 0 aliphatic carbocycles. The van der Waals surface area contributed by atoms with E-state index in [2.05, 4.69) is 20.2 Å². The molecule has 0 spiro atoms. The molecule has 128 valence electrons. The van der Waals surface area contributed by atoms with Gasteiger partial charge in [0.15, 0.2) is 0 Å². The summed E-state index contributed by atoms with van der Waals surface area (Å²) in [6, 6.07) is 1.20. The highest BCUT2D eigenvalue weighted by molar-refractivity contribution is 7.14. The van der Waals surface area contributed by atoms with Gasteiger partial charge in [0.2, 0.25) is 10.9 Å². The van der Waals surface area contributed by atoms with Gasteiger partial charge in [0.05, 0.1) is 17.2 Å². The number of alkyl halides is 3. The van der Waals surface area contributed by atoms with Crippen molar-refractivity contribution in [2.75, 3.05) is 11.2 Å². The summed E-state index contributed by atoms with van der Waals surface area (Å²) < 4.78 is 40.4. The van der Waals surface area contributed by atoms with Gasteiger partial charge in [-0.3, -0.25) is 15.5 Å². The van der Waals surface area contributed by atoms with E-state index in [0.29, 0.717) is 6.07 Å². The van der Waals surface area contributed by atoms with E-state index in [9.17, 15) is 28.4 Å². The standard InChI is InChI=1S/C11H8F3N5O4S/c12-11(13,14)23-6-1-5(9(20)7(2-6)19(21)22)3-16-18-10-17-8(15)4-24-10/h1-4,20H,15H2,(H,17,18). The number of anilines is 2. The van der Waals surface area contributed by atoms with Crippen LogP contribution in [-0.2, 0) is 0 Å². The lowest BCUT2D eigenvalue weighted by molar-refractivity contribution is -0.386. The first-order chi connectivity index (χ1) is 11.2. The predicted molar refractivity (Wildman–Crippen MR) is 79.2 cm³/mol. The highest BCUT2D eigenvalue weighted by atomic mass is 32.1. The Balaban J connectivity index is 2.31. The summed E-state index contributed by atoms with van der Waals surface area (Å²) in [4.78, 5) is 13.6. The predicted octanol–water partition coefficient (Wildman–Crippen LogP) is 2.68. The third-order valence-corrected chi connectivity index (χ3v) is 3.17. The molecule has 1 aromatic heterocycles. The molecule has 0 amide bonds. The van der Waals surface area contributed by atoms with Crippen molar-refractivity contribution in [3.8, 4) is 11.5 Å². The van der Waals surface area contributed by atoms with Gasteiger partial charge < -0.3 is 15.6 Å². The van der Waals surface area contributed by atoms with Gasteiger partial charge in [-0.25, -0.2) is 4.98 Å². The van der Waals surface area contributed by atoms with Crippen LogP contribution in [0.15, 0.2) is 22.6 Å². The fraction of sp³-hybridized carbons (Fsp3) is 0.0909. The zero-order valence-corrected chi connectivity index (χ0v) is 12.3. The number of nitro groups is 1. The van der Waals surface area contributed by atoms with Gasteiger partial charge >= 0.3 is 12.0 Å². The number of ether oxygens (including phenoxy) is 1. The van der Waals surface area contributed by atoms with Crippen LogP contribution in [0.1, 0.15) is 5.56 Å². The highest BCUT2D eigenvalue weighted by Crippen LogP contribution is 2.35. The van der Waals surface area contributed by atoms with Crippen molar-refractivity contribution in [2.45, 2.75) is 6.36 Å². The van der Waals surface area contributed by atoms with Gasteiger partial charge in [0, 0.05) is 10.9 Å². The normalized spacial score (nSPS) is 11.6. The Labute approximate surface area is 135 Å². The van der Waals surface area contributed by atoms with E-state index in [4.69, 9.17) is 5.73 Å². The van der Waals surface area contributed by atoms with Crippen molar-refractivity contribution in [1.29, 1.82) is 0 Å². The Morgan fingerprint density at radius 1 is 1.50 bits per heavy atom. The van der Waals surface area contributed by atoms with Crippen molar-refractivity contribution in [2.24, 2.45) is 5.10 Å². The van der Waals surface area contributed by atoms with Crippen LogP contribution in [0.25, 0.3) is 0 Å². The third kappa shape index (κ3) is 4.45. The van der Waals surface area contributed by atoms with Crippen LogP contribution in [0.2, 0.25) is 0 Å². The van der Waals surface area contributed by atoms with Crippen LogP contribution >= 0.6 is 11.3 Å². The second-order valence-electron chi connectivity index (χ2n) is 4.13. The van der Waals surface area contributed by atoms with Crippen molar-refractivity contribution in [1.82, 2.24) is 4.98 Å². The van der Waals surface area contributed by atoms with Crippen LogP contribution in [-0.4, -0.2) is 27.6 Å². The highest BCUT2D eigenvalue weighted by Gasteiger charge is 2.32. The van der Waals surface area contributed by atoms with Crippen LogP contribution in [0.5, 0.6) is 11.5 Å². The maximum Gasteiger partial charge on any atom is 0.573 e. The third-order valence-electron chi connectivity index (χ3n) is 2.41. The fourth-order valence-corrected chi connectivity index (χ4v) is 2.09. The van der Waals surface area contributed by atoms with E-state index in [0.717, 1.165) is 23.6 Å². The van der Waals surface area contributed by atoms with Gasteiger partial charge in [0.25, 0.3) is 0 Å². The molecular formula is C11H8F3N5O4S. The van der Waals surface area contributed by atoms with E-state index in [1.54, 1.807) is 0 Å². The number of nitrogens with two attached hydrogens (primary N) is 1. The summed E-state index contributed by atoms with van der Waals surface area (Å²) in [5.74, 6) is -1.50. The zero-order valence-electron chi connectivity index (χ0n) is 11.4. The number of thiazole rings is 1. The van der Waals surface area contributed by atoms with E-state index < -0.39 is 28.5 Å². The number of rotatable bonds is 5. The van der Waals surface area contributed by atoms with Gasteiger partial charge in [0.1, 0.15) is 11.6 Å². The van der Waals surface area contributed by atoms with Gasteiger partial charge in [-0.15, -0.1) is 24.5 Å². The molecule has 1 aromatic carbocycles. The van der Waals surface area contributed by atoms with E-state index in [1.807, 2.05) is 0 Å². The Hall–Kier alpha value is -3.09. The van der Waals surface area contributed by atoms with Crippen molar-refractivity contribution in [3.05, 3.63) is 33.2 Å². The average Bonchev–Trinajstić information content (AvgIpc) is 2.85. The molecule has 9 nitrogen and oxygen atoms in total. The zero-order chi connectivity index (χ0) is 17.9. The number of nitrogens with zero attached hydrogens (tertiary/aromatic N) is 3. The largest absolute Gasteiger partial charge is 0.573 e. The van der Waals surface area contributed by atoms with E-state index in [-0.39, 0.29) is 16.5 Å². The number of nitrogens with one attached hydrogen (secondary N) is 1. The first kappa shape index (κ1) is 17.3. The summed E-state index contributed by atoms with van der Waals surface area (Å²) >= 11 is 1.10. The molecule has 24 heavy (non-hydrogen) atoms. The van der Waals surface area contributed by atoms with Gasteiger partial charge in [-0.05, 0) is 6.07 Å². The lowest BCUT2D eigenvalue weighted by Crippen LogP contribution is -2.17. The number of halogens is 3. The Kier molecular flexibility index (Phi) is 4.73. The molecule has 0 unspecified atom stereocenters. The van der Waals surface area contributed by atoms with Crippen LogP contribution in [0.4, 0.5) is 29.8 Å². The van der Waals surface area contributed by atoms with Crippen molar-refractivity contribution in [3.63, 3.8) is 0 Å². The number of hydrogen-bond donors (Lipinski definition) is 3. The molecule has 0 fully saturated rings. The molecule has 0 aliphatic heterocycles. The van der Waals surface area contributed by atoms with Crippen LogP contribution in [0.3, 0.4) is 0 Å². The molecule has 0 atom stereocenters. The summed E-state index contributed by atoms with van der Waals surface area (Å²) in [6.45, 7) is 0. The van der Waals surface area contributed by atoms with Crippen LogP contribution < -0.4 is 15.9 Å². The molecule has 0 bridgehead atoms. The van der Waals surface area contributed by atoms with Crippen LogP contribution in [0, 0.1) is 10.1 Å². The second-order valence-corrected chi connectivity index (χ2v) is 4.99. The monoisotopic (exact) mass is 363 g/mol. The Morgan fingerprint density at radius 2 is 2.21 bits per heavy atom. The lowest BCUT2D eigenvalue weighted by Gasteiger charge is -2.10.